The lowest BCUT2D eigenvalue weighted by atomic mass is 10.3. The van der Waals surface area contributed by atoms with E-state index in [0.29, 0.717) is 11.4 Å². The lowest BCUT2D eigenvalue weighted by Crippen LogP contribution is -2.16. The molecule has 0 aliphatic carbocycles. The predicted molar refractivity (Wildman–Crippen MR) is 84.5 cm³/mol. The van der Waals surface area contributed by atoms with Crippen LogP contribution in [0.2, 0.25) is 0 Å². The summed E-state index contributed by atoms with van der Waals surface area (Å²) in [6.07, 6.45) is 2.25. The average Bonchev–Trinajstić information content (AvgIpc) is 2.89. The van der Waals surface area contributed by atoms with Gasteiger partial charge in [0.1, 0.15) is 11.3 Å². The number of hydrogen-bond donors (Lipinski definition) is 1. The van der Waals surface area contributed by atoms with Crippen molar-refractivity contribution in [3.63, 3.8) is 0 Å². The van der Waals surface area contributed by atoms with E-state index < -0.39 is 16.0 Å². The lowest BCUT2D eigenvalue weighted by Gasteiger charge is -2.11. The molecule has 9 heteroatoms. The molecular formula is C14H17N3O5S. The number of ether oxygens (including phenoxy) is 2. The van der Waals surface area contributed by atoms with Gasteiger partial charge in [-0.25, -0.2) is 17.9 Å². The third-order valence-electron chi connectivity index (χ3n) is 2.86. The number of nitrogens with zero attached hydrogens (tertiary/aromatic N) is 2. The van der Waals surface area contributed by atoms with Gasteiger partial charge in [0.15, 0.2) is 5.82 Å². The molecule has 0 radical (unpaired) electrons. The van der Waals surface area contributed by atoms with Crippen LogP contribution in [0.15, 0.2) is 30.5 Å². The van der Waals surface area contributed by atoms with Crippen LogP contribution in [0.4, 0.5) is 5.82 Å². The van der Waals surface area contributed by atoms with Crippen LogP contribution in [0.1, 0.15) is 17.3 Å². The number of sulfonamides is 1. The zero-order valence-electron chi connectivity index (χ0n) is 12.9. The monoisotopic (exact) mass is 339 g/mol. The van der Waals surface area contributed by atoms with Crippen molar-refractivity contribution >= 4 is 21.8 Å². The van der Waals surface area contributed by atoms with Crippen molar-refractivity contribution in [3.05, 3.63) is 36.0 Å². The van der Waals surface area contributed by atoms with E-state index in [9.17, 15) is 13.2 Å². The number of aromatic nitrogens is 2. The summed E-state index contributed by atoms with van der Waals surface area (Å²) < 4.78 is 36.8. The molecule has 1 heterocycles. The van der Waals surface area contributed by atoms with Crippen molar-refractivity contribution in [1.29, 1.82) is 0 Å². The van der Waals surface area contributed by atoms with Crippen molar-refractivity contribution in [2.75, 3.05) is 24.7 Å². The van der Waals surface area contributed by atoms with E-state index in [1.54, 1.807) is 38.3 Å². The number of carbonyl (C=O) groups excluding carboxylic acids is 1. The molecule has 0 bridgehead atoms. The quantitative estimate of drug-likeness (QED) is 0.799. The summed E-state index contributed by atoms with van der Waals surface area (Å²) in [5.74, 6) is 0.0127. The lowest BCUT2D eigenvalue weighted by molar-refractivity contribution is 0.0527. The molecule has 0 atom stereocenters. The van der Waals surface area contributed by atoms with E-state index >= 15 is 0 Å². The van der Waals surface area contributed by atoms with Gasteiger partial charge in [0, 0.05) is 0 Å². The molecular weight excluding hydrogens is 322 g/mol. The molecule has 124 valence electrons. The third-order valence-corrected chi connectivity index (χ3v) is 3.43. The summed E-state index contributed by atoms with van der Waals surface area (Å²) in [4.78, 5) is 12.0. The van der Waals surface area contributed by atoms with Gasteiger partial charge in [0.2, 0.25) is 10.0 Å². The minimum Gasteiger partial charge on any atom is -0.497 e. The zero-order valence-corrected chi connectivity index (χ0v) is 13.8. The molecule has 2 rings (SSSR count). The Kier molecular flexibility index (Phi) is 4.89. The molecule has 2 aromatic rings. The van der Waals surface area contributed by atoms with Gasteiger partial charge < -0.3 is 9.47 Å². The van der Waals surface area contributed by atoms with Gasteiger partial charge in [-0.05, 0) is 31.2 Å². The predicted octanol–water partition coefficient (Wildman–Crippen LogP) is 1.43. The number of methoxy groups -OCH3 is 1. The van der Waals surface area contributed by atoms with Gasteiger partial charge in [0.25, 0.3) is 0 Å². The molecule has 1 aromatic heterocycles. The second kappa shape index (κ2) is 6.69. The zero-order chi connectivity index (χ0) is 17.0. The second-order valence-corrected chi connectivity index (χ2v) is 6.36. The number of anilines is 1. The first-order chi connectivity index (χ1) is 10.9. The number of carbonyl (C=O) groups is 1. The minimum absolute atomic E-state index is 0.0242. The molecule has 0 saturated carbocycles. The Labute approximate surface area is 134 Å². The van der Waals surface area contributed by atoms with Gasteiger partial charge in [-0.3, -0.25) is 4.72 Å². The SMILES string of the molecule is CCOC(=O)c1cnn(-c2ccc(OC)cc2)c1NS(C)(=O)=O. The molecule has 1 N–H and O–H groups in total. The highest BCUT2D eigenvalue weighted by Gasteiger charge is 2.22. The van der Waals surface area contributed by atoms with Crippen LogP contribution < -0.4 is 9.46 Å². The third kappa shape index (κ3) is 4.01. The normalized spacial score (nSPS) is 11.1. The van der Waals surface area contributed by atoms with Crippen molar-refractivity contribution < 1.29 is 22.7 Å². The van der Waals surface area contributed by atoms with Crippen LogP contribution in [-0.2, 0) is 14.8 Å². The fraction of sp³-hybridized carbons (Fsp3) is 0.286. The van der Waals surface area contributed by atoms with Gasteiger partial charge >= 0.3 is 5.97 Å². The molecule has 0 aliphatic rings. The highest BCUT2D eigenvalue weighted by atomic mass is 32.2. The van der Waals surface area contributed by atoms with Crippen molar-refractivity contribution in [2.24, 2.45) is 0 Å². The molecule has 8 nitrogen and oxygen atoms in total. The molecule has 1 aromatic carbocycles. The van der Waals surface area contributed by atoms with E-state index in [0.717, 1.165) is 6.26 Å². The summed E-state index contributed by atoms with van der Waals surface area (Å²) in [6.45, 7) is 1.83. The number of nitrogens with one attached hydrogen (secondary N) is 1. The minimum atomic E-state index is -3.60. The van der Waals surface area contributed by atoms with Crippen LogP contribution in [0.25, 0.3) is 5.69 Å². The van der Waals surface area contributed by atoms with Gasteiger partial charge in [-0.1, -0.05) is 0 Å². The Morgan fingerprint density at radius 1 is 1.30 bits per heavy atom. The summed E-state index contributed by atoms with van der Waals surface area (Å²) in [7, 11) is -2.06. The standard InChI is InChI=1S/C14H17N3O5S/c1-4-22-14(18)12-9-15-17(13(12)16-23(3,19)20)10-5-7-11(21-2)8-6-10/h5-9,16H,4H2,1-3H3. The molecule has 0 aliphatic heterocycles. The second-order valence-electron chi connectivity index (χ2n) is 4.61. The van der Waals surface area contributed by atoms with Crippen molar-refractivity contribution in [3.8, 4) is 11.4 Å². The summed E-state index contributed by atoms with van der Waals surface area (Å²) in [6, 6.07) is 6.78. The summed E-state index contributed by atoms with van der Waals surface area (Å²) in [5, 5.41) is 4.08. The van der Waals surface area contributed by atoms with Crippen LogP contribution >= 0.6 is 0 Å². The van der Waals surface area contributed by atoms with Crippen LogP contribution in [-0.4, -0.2) is 44.1 Å². The maximum absolute atomic E-state index is 12.0. The fourth-order valence-corrected chi connectivity index (χ4v) is 2.45. The first-order valence-corrected chi connectivity index (χ1v) is 8.62. The highest BCUT2D eigenvalue weighted by molar-refractivity contribution is 7.92. The van der Waals surface area contributed by atoms with E-state index in [-0.39, 0.29) is 18.0 Å². The molecule has 0 unspecified atom stereocenters. The van der Waals surface area contributed by atoms with Gasteiger partial charge in [-0.2, -0.15) is 5.10 Å². The Balaban J connectivity index is 2.51. The Hall–Kier alpha value is -2.55. The van der Waals surface area contributed by atoms with Gasteiger partial charge in [0.05, 0.1) is 31.9 Å². The molecule has 0 fully saturated rings. The summed E-state index contributed by atoms with van der Waals surface area (Å²) >= 11 is 0. The number of benzene rings is 1. The largest absolute Gasteiger partial charge is 0.497 e. The first-order valence-electron chi connectivity index (χ1n) is 6.73. The van der Waals surface area contributed by atoms with Crippen LogP contribution in [0.5, 0.6) is 5.75 Å². The van der Waals surface area contributed by atoms with E-state index in [1.165, 1.54) is 10.9 Å². The Bertz CT molecular complexity index is 796. The number of hydrogen-bond acceptors (Lipinski definition) is 6. The molecule has 0 amide bonds. The number of esters is 1. The molecule has 0 spiro atoms. The maximum Gasteiger partial charge on any atom is 0.343 e. The fourth-order valence-electron chi connectivity index (χ4n) is 1.90. The Morgan fingerprint density at radius 2 is 1.96 bits per heavy atom. The van der Waals surface area contributed by atoms with Crippen molar-refractivity contribution in [1.82, 2.24) is 9.78 Å². The maximum atomic E-state index is 12.0. The highest BCUT2D eigenvalue weighted by Crippen LogP contribution is 2.23. The Morgan fingerprint density at radius 3 is 2.48 bits per heavy atom. The van der Waals surface area contributed by atoms with E-state index in [1.807, 2.05) is 0 Å². The van der Waals surface area contributed by atoms with Gasteiger partial charge in [-0.15, -0.1) is 0 Å². The smallest absolute Gasteiger partial charge is 0.343 e. The molecule has 23 heavy (non-hydrogen) atoms. The topological polar surface area (TPSA) is 99.5 Å². The summed E-state index contributed by atoms with van der Waals surface area (Å²) in [5.41, 5.74) is 0.598. The first kappa shape index (κ1) is 16.8. The van der Waals surface area contributed by atoms with Crippen LogP contribution in [0.3, 0.4) is 0 Å². The van der Waals surface area contributed by atoms with Crippen molar-refractivity contribution in [2.45, 2.75) is 6.92 Å². The number of rotatable bonds is 6. The molecule has 0 saturated heterocycles. The van der Waals surface area contributed by atoms with E-state index in [4.69, 9.17) is 9.47 Å². The van der Waals surface area contributed by atoms with Crippen LogP contribution in [0, 0.1) is 0 Å². The average molecular weight is 339 g/mol. The van der Waals surface area contributed by atoms with E-state index in [2.05, 4.69) is 9.82 Å².